The van der Waals surface area contributed by atoms with E-state index < -0.39 is 0 Å². The van der Waals surface area contributed by atoms with Gasteiger partial charge in [-0.1, -0.05) is 6.07 Å². The molecular formula is C15H23NO3S. The van der Waals surface area contributed by atoms with Gasteiger partial charge in [-0.3, -0.25) is 4.79 Å². The summed E-state index contributed by atoms with van der Waals surface area (Å²) in [6.07, 6.45) is 4.29. The van der Waals surface area contributed by atoms with Crippen LogP contribution in [0.25, 0.3) is 0 Å². The molecular weight excluding hydrogens is 274 g/mol. The zero-order valence-electron chi connectivity index (χ0n) is 11.8. The maximum atomic E-state index is 12.3. The Hall–Kier alpha value is -0.910. The minimum atomic E-state index is 0.157. The van der Waals surface area contributed by atoms with Gasteiger partial charge < -0.3 is 14.7 Å². The molecule has 1 unspecified atom stereocenters. The first-order chi connectivity index (χ1) is 9.79. The molecule has 1 N–H and O–H groups in total. The lowest BCUT2D eigenvalue weighted by molar-refractivity contribution is -0.133. The number of amides is 1. The van der Waals surface area contributed by atoms with Gasteiger partial charge in [-0.15, -0.1) is 11.3 Å². The average molecular weight is 297 g/mol. The maximum absolute atomic E-state index is 12.3. The Morgan fingerprint density at radius 1 is 1.50 bits per heavy atom. The Labute approximate surface area is 124 Å². The average Bonchev–Trinajstić information content (AvgIpc) is 3.11. The van der Waals surface area contributed by atoms with Crippen molar-refractivity contribution >= 4 is 17.2 Å². The minimum absolute atomic E-state index is 0.157. The van der Waals surface area contributed by atoms with Gasteiger partial charge >= 0.3 is 0 Å². The van der Waals surface area contributed by atoms with Gasteiger partial charge in [0.15, 0.2) is 0 Å². The van der Waals surface area contributed by atoms with E-state index >= 15 is 0 Å². The first kappa shape index (κ1) is 15.5. The number of nitrogens with zero attached hydrogens (tertiary/aromatic N) is 1. The molecule has 0 bridgehead atoms. The summed E-state index contributed by atoms with van der Waals surface area (Å²) in [5.41, 5.74) is 0. The second kappa shape index (κ2) is 8.39. The number of ether oxygens (including phenoxy) is 1. The summed E-state index contributed by atoms with van der Waals surface area (Å²) < 4.78 is 5.65. The predicted molar refractivity (Wildman–Crippen MR) is 79.6 cm³/mol. The van der Waals surface area contributed by atoms with Crippen LogP contribution in [0.1, 0.15) is 37.0 Å². The highest BCUT2D eigenvalue weighted by atomic mass is 32.1. The largest absolute Gasteiger partial charge is 0.396 e. The molecule has 5 heteroatoms. The topological polar surface area (TPSA) is 49.8 Å². The van der Waals surface area contributed by atoms with Crippen LogP contribution < -0.4 is 0 Å². The van der Waals surface area contributed by atoms with Crippen molar-refractivity contribution in [1.82, 2.24) is 4.90 Å². The zero-order chi connectivity index (χ0) is 14.2. The molecule has 1 saturated heterocycles. The summed E-state index contributed by atoms with van der Waals surface area (Å²) >= 11 is 1.68. The number of hydrogen-bond donors (Lipinski definition) is 1. The third-order valence-electron chi connectivity index (χ3n) is 3.53. The lowest BCUT2D eigenvalue weighted by Gasteiger charge is -2.25. The maximum Gasteiger partial charge on any atom is 0.222 e. The van der Waals surface area contributed by atoms with Crippen LogP contribution in [-0.2, 0) is 16.1 Å². The molecule has 1 aromatic rings. The van der Waals surface area contributed by atoms with Crippen LogP contribution in [-0.4, -0.2) is 41.8 Å². The Balaban J connectivity index is 1.89. The summed E-state index contributed by atoms with van der Waals surface area (Å²) in [5, 5.41) is 10.8. The van der Waals surface area contributed by atoms with E-state index in [0.717, 1.165) is 25.9 Å². The molecule has 0 spiro atoms. The van der Waals surface area contributed by atoms with Crippen molar-refractivity contribution in [3.63, 3.8) is 0 Å². The summed E-state index contributed by atoms with van der Waals surface area (Å²) in [4.78, 5) is 15.4. The SMILES string of the molecule is O=C(CCCCO)N(Cc1cccs1)CC1CCCO1. The molecule has 1 aromatic heterocycles. The van der Waals surface area contributed by atoms with Gasteiger partial charge in [0.2, 0.25) is 5.91 Å². The second-order valence-corrected chi connectivity index (χ2v) is 6.20. The molecule has 4 nitrogen and oxygen atoms in total. The van der Waals surface area contributed by atoms with Gasteiger partial charge in [0.05, 0.1) is 12.6 Å². The van der Waals surface area contributed by atoms with Crippen molar-refractivity contribution in [2.75, 3.05) is 19.8 Å². The van der Waals surface area contributed by atoms with Gasteiger partial charge in [-0.05, 0) is 37.1 Å². The fraction of sp³-hybridized carbons (Fsp3) is 0.667. The summed E-state index contributed by atoms with van der Waals surface area (Å²) in [6.45, 7) is 2.34. The van der Waals surface area contributed by atoms with E-state index in [1.54, 1.807) is 11.3 Å². The van der Waals surface area contributed by atoms with E-state index in [2.05, 4.69) is 6.07 Å². The molecule has 1 aliphatic heterocycles. The lowest BCUT2D eigenvalue weighted by atomic mass is 10.2. The highest BCUT2D eigenvalue weighted by Gasteiger charge is 2.22. The van der Waals surface area contributed by atoms with Gasteiger partial charge in [0.25, 0.3) is 0 Å². The Morgan fingerprint density at radius 3 is 3.05 bits per heavy atom. The fourth-order valence-electron chi connectivity index (χ4n) is 2.43. The van der Waals surface area contributed by atoms with Crippen LogP contribution in [0.15, 0.2) is 17.5 Å². The normalized spacial score (nSPS) is 18.4. The number of rotatable bonds is 8. The zero-order valence-corrected chi connectivity index (χ0v) is 12.6. The van der Waals surface area contributed by atoms with Crippen molar-refractivity contribution < 1.29 is 14.6 Å². The van der Waals surface area contributed by atoms with E-state index in [-0.39, 0.29) is 18.6 Å². The molecule has 0 radical (unpaired) electrons. The number of aliphatic hydroxyl groups is 1. The third kappa shape index (κ3) is 4.89. The van der Waals surface area contributed by atoms with Crippen LogP contribution in [0.3, 0.4) is 0 Å². The molecule has 112 valence electrons. The van der Waals surface area contributed by atoms with Gasteiger partial charge in [-0.25, -0.2) is 0 Å². The van der Waals surface area contributed by atoms with E-state index in [1.165, 1.54) is 4.88 Å². The highest BCUT2D eigenvalue weighted by Crippen LogP contribution is 2.18. The van der Waals surface area contributed by atoms with Crippen LogP contribution in [0.2, 0.25) is 0 Å². The summed E-state index contributed by atoms with van der Waals surface area (Å²) in [5.74, 6) is 0.169. The molecule has 0 saturated carbocycles. The van der Waals surface area contributed by atoms with Gasteiger partial charge in [0, 0.05) is 31.1 Å². The van der Waals surface area contributed by atoms with Gasteiger partial charge in [0.1, 0.15) is 0 Å². The van der Waals surface area contributed by atoms with Crippen molar-refractivity contribution in [3.8, 4) is 0 Å². The molecule has 2 rings (SSSR count). The third-order valence-corrected chi connectivity index (χ3v) is 4.39. The first-order valence-electron chi connectivity index (χ1n) is 7.32. The standard InChI is InChI=1S/C15H23NO3S/c17-8-2-1-7-15(18)16(11-13-5-3-9-19-13)12-14-6-4-10-20-14/h4,6,10,13,17H,1-3,5,7-9,11-12H2. The van der Waals surface area contributed by atoms with Crippen LogP contribution in [0.4, 0.5) is 0 Å². The molecule has 1 amide bonds. The van der Waals surface area contributed by atoms with Crippen LogP contribution >= 0.6 is 11.3 Å². The van der Waals surface area contributed by atoms with E-state index in [4.69, 9.17) is 9.84 Å². The van der Waals surface area contributed by atoms with Crippen LogP contribution in [0.5, 0.6) is 0 Å². The number of hydrogen-bond acceptors (Lipinski definition) is 4. The van der Waals surface area contributed by atoms with E-state index in [0.29, 0.717) is 25.9 Å². The Bertz CT molecular complexity index is 388. The number of thiophene rings is 1. The van der Waals surface area contributed by atoms with E-state index in [9.17, 15) is 4.79 Å². The summed E-state index contributed by atoms with van der Waals surface area (Å²) in [6, 6.07) is 4.08. The Kier molecular flexibility index (Phi) is 6.50. The van der Waals surface area contributed by atoms with Crippen molar-refractivity contribution in [2.24, 2.45) is 0 Å². The molecule has 2 heterocycles. The van der Waals surface area contributed by atoms with E-state index in [1.807, 2.05) is 16.3 Å². The molecule has 1 aliphatic rings. The smallest absolute Gasteiger partial charge is 0.222 e. The Morgan fingerprint density at radius 2 is 2.40 bits per heavy atom. The number of unbranched alkanes of at least 4 members (excludes halogenated alkanes) is 1. The van der Waals surface area contributed by atoms with Crippen molar-refractivity contribution in [3.05, 3.63) is 22.4 Å². The minimum Gasteiger partial charge on any atom is -0.396 e. The molecule has 0 aromatic carbocycles. The monoisotopic (exact) mass is 297 g/mol. The number of carbonyl (C=O) groups excluding carboxylic acids is 1. The fourth-order valence-corrected chi connectivity index (χ4v) is 3.14. The second-order valence-electron chi connectivity index (χ2n) is 5.17. The quantitative estimate of drug-likeness (QED) is 0.750. The summed E-state index contributed by atoms with van der Waals surface area (Å²) in [7, 11) is 0. The predicted octanol–water partition coefficient (Wildman–Crippen LogP) is 2.42. The number of aliphatic hydroxyl groups excluding tert-OH is 1. The lowest BCUT2D eigenvalue weighted by Crippen LogP contribution is -2.36. The van der Waals surface area contributed by atoms with Gasteiger partial charge in [-0.2, -0.15) is 0 Å². The first-order valence-corrected chi connectivity index (χ1v) is 8.20. The molecule has 0 aliphatic carbocycles. The number of carbonyl (C=O) groups is 1. The molecule has 1 fully saturated rings. The van der Waals surface area contributed by atoms with Crippen LogP contribution in [0, 0.1) is 0 Å². The highest BCUT2D eigenvalue weighted by molar-refractivity contribution is 7.09. The molecule has 1 atom stereocenters. The van der Waals surface area contributed by atoms with Crippen molar-refractivity contribution in [2.45, 2.75) is 44.8 Å². The molecule has 20 heavy (non-hydrogen) atoms. The van der Waals surface area contributed by atoms with Crippen molar-refractivity contribution in [1.29, 1.82) is 0 Å².